The molecule has 1 heterocycles. The second kappa shape index (κ2) is 11.1. The fourth-order valence-electron chi connectivity index (χ4n) is 3.75. The van der Waals surface area contributed by atoms with Gasteiger partial charge in [-0.05, 0) is 61.9 Å². The Morgan fingerprint density at radius 2 is 1.59 bits per heavy atom. The van der Waals surface area contributed by atoms with Crippen LogP contribution in [0.15, 0.2) is 91.0 Å². The lowest BCUT2D eigenvalue weighted by atomic mass is 10.1. The number of hydrogen-bond donors (Lipinski definition) is 2. The molecule has 0 spiro atoms. The molecule has 2 N–H and O–H groups in total. The first-order valence-corrected chi connectivity index (χ1v) is 11.5. The molecule has 4 aromatic rings. The molecule has 34 heavy (non-hydrogen) atoms. The van der Waals surface area contributed by atoms with Crippen LogP contribution in [0.1, 0.15) is 29.8 Å². The average Bonchev–Trinajstić information content (AvgIpc) is 2.90. The molecule has 0 fully saturated rings. The highest BCUT2D eigenvalue weighted by molar-refractivity contribution is 5.95. The fourth-order valence-corrected chi connectivity index (χ4v) is 3.75. The summed E-state index contributed by atoms with van der Waals surface area (Å²) in [6, 6.07) is 29.4. The standard InChI is InChI=1S/C28H29N5O/c1-3-33(4-2)25-15-13-21(14-16-25)20-29-28(34)23-11-8-12-24(19-23)30-27-18-17-26(31-32-27)22-9-6-5-7-10-22/h5-19H,3-4,20H2,1-2H3,(H,29,34)(H,30,32). The number of rotatable bonds is 9. The molecule has 4 rings (SSSR count). The van der Waals surface area contributed by atoms with Crippen LogP contribution in [0.3, 0.4) is 0 Å². The van der Waals surface area contributed by atoms with E-state index in [9.17, 15) is 4.79 Å². The SMILES string of the molecule is CCN(CC)c1ccc(CNC(=O)c2cccc(Nc3ccc(-c4ccccc4)nn3)c2)cc1. The minimum atomic E-state index is -0.123. The quantitative estimate of drug-likeness (QED) is 0.343. The summed E-state index contributed by atoms with van der Waals surface area (Å²) in [5.74, 6) is 0.493. The first-order valence-electron chi connectivity index (χ1n) is 11.5. The van der Waals surface area contributed by atoms with E-state index in [1.165, 1.54) is 5.69 Å². The molecule has 0 saturated heterocycles. The Labute approximate surface area is 200 Å². The lowest BCUT2D eigenvalue weighted by molar-refractivity contribution is 0.0951. The number of benzene rings is 3. The molecule has 0 unspecified atom stereocenters. The summed E-state index contributed by atoms with van der Waals surface area (Å²) in [7, 11) is 0. The van der Waals surface area contributed by atoms with Crippen molar-refractivity contribution in [1.82, 2.24) is 15.5 Å². The molecule has 6 heteroatoms. The van der Waals surface area contributed by atoms with Gasteiger partial charge in [-0.2, -0.15) is 0 Å². The molecule has 0 aliphatic carbocycles. The van der Waals surface area contributed by atoms with Gasteiger partial charge >= 0.3 is 0 Å². The molecule has 172 valence electrons. The maximum absolute atomic E-state index is 12.7. The van der Waals surface area contributed by atoms with Crippen LogP contribution >= 0.6 is 0 Å². The predicted octanol–water partition coefficient (Wildman–Crippen LogP) is 5.66. The molecular formula is C28H29N5O. The summed E-state index contributed by atoms with van der Waals surface area (Å²) < 4.78 is 0. The summed E-state index contributed by atoms with van der Waals surface area (Å²) in [4.78, 5) is 15.0. The zero-order valence-corrected chi connectivity index (χ0v) is 19.5. The van der Waals surface area contributed by atoms with E-state index in [-0.39, 0.29) is 5.91 Å². The van der Waals surface area contributed by atoms with Gasteiger partial charge in [-0.25, -0.2) is 0 Å². The first kappa shape index (κ1) is 23.0. The van der Waals surface area contributed by atoms with Crippen molar-refractivity contribution >= 4 is 23.1 Å². The van der Waals surface area contributed by atoms with Crippen LogP contribution in [0.25, 0.3) is 11.3 Å². The molecule has 0 aliphatic heterocycles. The van der Waals surface area contributed by atoms with Gasteiger partial charge in [0.2, 0.25) is 0 Å². The number of amides is 1. The number of nitrogens with zero attached hydrogens (tertiary/aromatic N) is 3. The molecule has 0 saturated carbocycles. The molecular weight excluding hydrogens is 422 g/mol. The van der Waals surface area contributed by atoms with Crippen molar-refractivity contribution in [2.45, 2.75) is 20.4 Å². The van der Waals surface area contributed by atoms with Crippen molar-refractivity contribution in [2.24, 2.45) is 0 Å². The minimum absolute atomic E-state index is 0.123. The van der Waals surface area contributed by atoms with Gasteiger partial charge in [0.1, 0.15) is 0 Å². The van der Waals surface area contributed by atoms with Crippen LogP contribution in [-0.2, 0) is 6.54 Å². The molecule has 6 nitrogen and oxygen atoms in total. The van der Waals surface area contributed by atoms with Gasteiger partial charge in [0.05, 0.1) is 5.69 Å². The third kappa shape index (κ3) is 5.78. The molecule has 1 amide bonds. The predicted molar refractivity (Wildman–Crippen MR) is 138 cm³/mol. The van der Waals surface area contributed by atoms with E-state index in [0.29, 0.717) is 17.9 Å². The van der Waals surface area contributed by atoms with E-state index in [4.69, 9.17) is 0 Å². The fraction of sp³-hybridized carbons (Fsp3) is 0.179. The van der Waals surface area contributed by atoms with Gasteiger partial charge in [0.25, 0.3) is 5.91 Å². The van der Waals surface area contributed by atoms with E-state index < -0.39 is 0 Å². The molecule has 0 radical (unpaired) electrons. The van der Waals surface area contributed by atoms with Crippen molar-refractivity contribution in [3.63, 3.8) is 0 Å². The van der Waals surface area contributed by atoms with Gasteiger partial charge in [0, 0.05) is 42.1 Å². The average molecular weight is 452 g/mol. The second-order valence-corrected chi connectivity index (χ2v) is 7.90. The monoisotopic (exact) mass is 451 g/mol. The Kier molecular flexibility index (Phi) is 7.50. The van der Waals surface area contributed by atoms with Gasteiger partial charge in [-0.15, -0.1) is 10.2 Å². The van der Waals surface area contributed by atoms with E-state index in [1.807, 2.05) is 60.7 Å². The number of carbonyl (C=O) groups excluding carboxylic acids is 1. The van der Waals surface area contributed by atoms with Crippen molar-refractivity contribution in [3.8, 4) is 11.3 Å². The Morgan fingerprint density at radius 1 is 0.824 bits per heavy atom. The third-order valence-electron chi connectivity index (χ3n) is 5.65. The molecule has 0 aliphatic rings. The smallest absolute Gasteiger partial charge is 0.251 e. The van der Waals surface area contributed by atoms with Gasteiger partial charge in [0.15, 0.2) is 5.82 Å². The Bertz CT molecular complexity index is 1200. The largest absolute Gasteiger partial charge is 0.372 e. The number of carbonyl (C=O) groups is 1. The summed E-state index contributed by atoms with van der Waals surface area (Å²) in [5, 5.41) is 14.8. The van der Waals surface area contributed by atoms with Crippen LogP contribution in [0, 0.1) is 0 Å². The maximum Gasteiger partial charge on any atom is 0.251 e. The number of aromatic nitrogens is 2. The van der Waals surface area contributed by atoms with Crippen molar-refractivity contribution in [3.05, 3.63) is 102 Å². The summed E-state index contributed by atoms with van der Waals surface area (Å²) in [6.45, 7) is 6.71. The zero-order chi connectivity index (χ0) is 23.8. The molecule has 0 atom stereocenters. The normalized spacial score (nSPS) is 10.5. The highest BCUT2D eigenvalue weighted by Gasteiger charge is 2.08. The summed E-state index contributed by atoms with van der Waals surface area (Å²) in [6.07, 6.45) is 0. The topological polar surface area (TPSA) is 70.2 Å². The summed E-state index contributed by atoms with van der Waals surface area (Å²) >= 11 is 0. The van der Waals surface area contributed by atoms with Crippen molar-refractivity contribution in [2.75, 3.05) is 23.3 Å². The van der Waals surface area contributed by atoms with Crippen LogP contribution in [0.2, 0.25) is 0 Å². The molecule has 0 bridgehead atoms. The number of nitrogens with one attached hydrogen (secondary N) is 2. The third-order valence-corrected chi connectivity index (χ3v) is 5.65. The maximum atomic E-state index is 12.7. The molecule has 1 aromatic heterocycles. The van der Waals surface area contributed by atoms with Gasteiger partial charge < -0.3 is 15.5 Å². The van der Waals surface area contributed by atoms with Crippen molar-refractivity contribution in [1.29, 1.82) is 0 Å². The van der Waals surface area contributed by atoms with Gasteiger partial charge in [-0.3, -0.25) is 4.79 Å². The lowest BCUT2D eigenvalue weighted by Crippen LogP contribution is -2.23. The van der Waals surface area contributed by atoms with E-state index in [0.717, 1.165) is 35.6 Å². The zero-order valence-electron chi connectivity index (χ0n) is 19.5. The van der Waals surface area contributed by atoms with Crippen LogP contribution in [0.4, 0.5) is 17.2 Å². The molecule has 3 aromatic carbocycles. The Balaban J connectivity index is 1.36. The van der Waals surface area contributed by atoms with Crippen LogP contribution in [-0.4, -0.2) is 29.2 Å². The van der Waals surface area contributed by atoms with Crippen LogP contribution in [0.5, 0.6) is 0 Å². The number of hydrogen-bond acceptors (Lipinski definition) is 5. The Morgan fingerprint density at radius 3 is 2.26 bits per heavy atom. The number of anilines is 3. The minimum Gasteiger partial charge on any atom is -0.372 e. The highest BCUT2D eigenvalue weighted by Crippen LogP contribution is 2.20. The highest BCUT2D eigenvalue weighted by atomic mass is 16.1. The second-order valence-electron chi connectivity index (χ2n) is 7.90. The van der Waals surface area contributed by atoms with Gasteiger partial charge in [-0.1, -0.05) is 48.5 Å². The Hall–Kier alpha value is -4.19. The van der Waals surface area contributed by atoms with E-state index in [1.54, 1.807) is 6.07 Å². The summed E-state index contributed by atoms with van der Waals surface area (Å²) in [5.41, 5.74) is 5.44. The van der Waals surface area contributed by atoms with E-state index in [2.05, 4.69) is 63.8 Å². The van der Waals surface area contributed by atoms with Crippen LogP contribution < -0.4 is 15.5 Å². The first-order chi connectivity index (χ1) is 16.7. The lowest BCUT2D eigenvalue weighted by Gasteiger charge is -2.21. The van der Waals surface area contributed by atoms with Crippen molar-refractivity contribution < 1.29 is 4.79 Å². The van der Waals surface area contributed by atoms with E-state index >= 15 is 0 Å².